The Kier molecular flexibility index (Phi) is 9.05. The van der Waals surface area contributed by atoms with Gasteiger partial charge in [0.05, 0.1) is 4.75 Å². The number of nitrogens with zero attached hydrogens (tertiary/aromatic N) is 2. The summed E-state index contributed by atoms with van der Waals surface area (Å²) in [5.74, 6) is 1.93. The van der Waals surface area contributed by atoms with Crippen molar-refractivity contribution >= 4 is 39.8 Å². The molecule has 2 atom stereocenters. The molecule has 0 bridgehead atoms. The number of nitrogens with one attached hydrogen (secondary N) is 1. The third kappa shape index (κ3) is 6.07. The van der Waals surface area contributed by atoms with Gasteiger partial charge in [-0.2, -0.15) is 0 Å². The number of guanidine groups is 1. The maximum absolute atomic E-state index is 11.9. The van der Waals surface area contributed by atoms with Crippen LogP contribution in [0.3, 0.4) is 0 Å². The Labute approximate surface area is 182 Å². The SMILES string of the molecule is CCC1CN(C(=NC)NCC(C)(C)S(C)(=O)=O)CCC1c1ccccc1.I. The van der Waals surface area contributed by atoms with Crippen LogP contribution >= 0.6 is 24.0 Å². The molecule has 1 saturated heterocycles. The van der Waals surface area contributed by atoms with E-state index in [9.17, 15) is 8.42 Å². The molecule has 2 rings (SSSR count). The third-order valence-corrected chi connectivity index (χ3v) is 7.83. The lowest BCUT2D eigenvalue weighted by atomic mass is 9.79. The molecule has 0 spiro atoms. The average Bonchev–Trinajstić information content (AvgIpc) is 2.61. The topological polar surface area (TPSA) is 61.8 Å². The van der Waals surface area contributed by atoms with Crippen molar-refractivity contribution in [1.29, 1.82) is 0 Å². The Morgan fingerprint density at radius 3 is 2.44 bits per heavy atom. The first-order valence-corrected chi connectivity index (χ1v) is 11.3. The minimum Gasteiger partial charge on any atom is -0.355 e. The van der Waals surface area contributed by atoms with Gasteiger partial charge < -0.3 is 10.2 Å². The van der Waals surface area contributed by atoms with Crippen LogP contribution in [0.4, 0.5) is 0 Å². The number of benzene rings is 1. The standard InChI is InChI=1S/C20H33N3O2S.HI/c1-6-16-14-23(13-12-18(16)17-10-8-7-9-11-17)19(21-4)22-15-20(2,3)26(5,24)25;/h7-11,16,18H,6,12-15H2,1-5H3,(H,21,22);1H. The number of aliphatic imine (C=N–C) groups is 1. The normalized spacial score (nSPS) is 21.5. The largest absolute Gasteiger partial charge is 0.355 e. The van der Waals surface area contributed by atoms with Crippen LogP contribution in [-0.4, -0.2) is 57.0 Å². The molecule has 1 heterocycles. The van der Waals surface area contributed by atoms with Gasteiger partial charge in [0.2, 0.25) is 0 Å². The molecule has 0 saturated carbocycles. The van der Waals surface area contributed by atoms with Gasteiger partial charge in [-0.05, 0) is 37.7 Å². The van der Waals surface area contributed by atoms with Crippen LogP contribution in [0, 0.1) is 5.92 Å². The van der Waals surface area contributed by atoms with Crippen molar-refractivity contribution in [1.82, 2.24) is 10.2 Å². The Bertz CT molecular complexity index is 720. The molecule has 2 unspecified atom stereocenters. The van der Waals surface area contributed by atoms with E-state index in [-0.39, 0.29) is 24.0 Å². The molecule has 1 aliphatic rings. The summed E-state index contributed by atoms with van der Waals surface area (Å²) in [5.41, 5.74) is 1.42. The summed E-state index contributed by atoms with van der Waals surface area (Å²) >= 11 is 0. The zero-order chi connectivity index (χ0) is 19.4. The van der Waals surface area contributed by atoms with Crippen molar-refractivity contribution in [3.8, 4) is 0 Å². The summed E-state index contributed by atoms with van der Waals surface area (Å²) in [6, 6.07) is 10.7. The van der Waals surface area contributed by atoms with Gasteiger partial charge in [0, 0.05) is 32.9 Å². The molecule has 5 nitrogen and oxygen atoms in total. The molecule has 0 aliphatic carbocycles. The van der Waals surface area contributed by atoms with Gasteiger partial charge in [0.25, 0.3) is 0 Å². The van der Waals surface area contributed by atoms with Crippen LogP contribution < -0.4 is 5.32 Å². The molecule has 7 heteroatoms. The zero-order valence-electron chi connectivity index (χ0n) is 17.1. The second-order valence-corrected chi connectivity index (χ2v) is 10.5. The zero-order valence-corrected chi connectivity index (χ0v) is 20.3. The highest BCUT2D eigenvalue weighted by molar-refractivity contribution is 14.0. The van der Waals surface area contributed by atoms with E-state index in [1.165, 1.54) is 11.8 Å². The van der Waals surface area contributed by atoms with Crippen LogP contribution in [0.1, 0.15) is 45.1 Å². The van der Waals surface area contributed by atoms with Crippen LogP contribution in [0.25, 0.3) is 0 Å². The highest BCUT2D eigenvalue weighted by Gasteiger charge is 2.33. The van der Waals surface area contributed by atoms with E-state index in [2.05, 4.69) is 52.5 Å². The highest BCUT2D eigenvalue weighted by atomic mass is 127. The quantitative estimate of drug-likeness (QED) is 0.377. The number of hydrogen-bond acceptors (Lipinski definition) is 3. The fourth-order valence-electron chi connectivity index (χ4n) is 3.53. The first kappa shape index (κ1) is 24.2. The summed E-state index contributed by atoms with van der Waals surface area (Å²) in [6.07, 6.45) is 3.48. The predicted molar refractivity (Wildman–Crippen MR) is 125 cm³/mol. The van der Waals surface area contributed by atoms with Gasteiger partial charge in [-0.3, -0.25) is 4.99 Å². The number of likely N-dealkylation sites (tertiary alicyclic amines) is 1. The summed E-state index contributed by atoms with van der Waals surface area (Å²) in [5, 5.41) is 3.28. The summed E-state index contributed by atoms with van der Waals surface area (Å²) in [6.45, 7) is 7.96. The van der Waals surface area contributed by atoms with Gasteiger partial charge in [-0.25, -0.2) is 8.42 Å². The molecule has 1 fully saturated rings. The van der Waals surface area contributed by atoms with Crippen molar-refractivity contribution in [2.75, 3.05) is 32.9 Å². The average molecular weight is 507 g/mol. The van der Waals surface area contributed by atoms with E-state index in [1.807, 2.05) is 0 Å². The Balaban J connectivity index is 0.00000364. The van der Waals surface area contributed by atoms with Crippen molar-refractivity contribution in [3.63, 3.8) is 0 Å². The van der Waals surface area contributed by atoms with Crippen LogP contribution in [0.15, 0.2) is 35.3 Å². The molecule has 0 amide bonds. The van der Waals surface area contributed by atoms with Crippen molar-refractivity contribution < 1.29 is 8.42 Å². The summed E-state index contributed by atoms with van der Waals surface area (Å²) in [4.78, 5) is 6.67. The first-order chi connectivity index (χ1) is 12.2. The smallest absolute Gasteiger partial charge is 0.193 e. The van der Waals surface area contributed by atoms with Crippen LogP contribution in [-0.2, 0) is 9.84 Å². The van der Waals surface area contributed by atoms with E-state index in [0.717, 1.165) is 31.9 Å². The molecular weight excluding hydrogens is 473 g/mol. The molecule has 1 aromatic rings. The summed E-state index contributed by atoms with van der Waals surface area (Å²) in [7, 11) is -1.37. The molecule has 1 aliphatic heterocycles. The molecular formula is C20H34IN3O2S. The highest BCUT2D eigenvalue weighted by Crippen LogP contribution is 2.34. The number of piperidine rings is 1. The van der Waals surface area contributed by atoms with Gasteiger partial charge in [0.15, 0.2) is 15.8 Å². The first-order valence-electron chi connectivity index (χ1n) is 9.39. The van der Waals surface area contributed by atoms with Gasteiger partial charge in [-0.1, -0.05) is 43.7 Å². The van der Waals surface area contributed by atoms with Crippen molar-refractivity contribution in [2.24, 2.45) is 10.9 Å². The molecule has 1 N–H and O–H groups in total. The number of sulfone groups is 1. The second kappa shape index (κ2) is 10.1. The molecule has 1 aromatic carbocycles. The van der Waals surface area contributed by atoms with E-state index in [1.54, 1.807) is 20.9 Å². The van der Waals surface area contributed by atoms with E-state index in [4.69, 9.17) is 0 Å². The minimum absolute atomic E-state index is 0. The van der Waals surface area contributed by atoms with Crippen molar-refractivity contribution in [3.05, 3.63) is 35.9 Å². The Morgan fingerprint density at radius 1 is 1.30 bits per heavy atom. The van der Waals surface area contributed by atoms with E-state index < -0.39 is 14.6 Å². The lowest BCUT2D eigenvalue weighted by molar-refractivity contribution is 0.215. The maximum atomic E-state index is 11.9. The molecule has 0 radical (unpaired) electrons. The summed E-state index contributed by atoms with van der Waals surface area (Å²) < 4.78 is 23.0. The lowest BCUT2D eigenvalue weighted by Gasteiger charge is -2.40. The lowest BCUT2D eigenvalue weighted by Crippen LogP contribution is -2.52. The Hall–Kier alpha value is -0.830. The van der Waals surface area contributed by atoms with Gasteiger partial charge in [0.1, 0.15) is 0 Å². The van der Waals surface area contributed by atoms with Crippen LogP contribution in [0.2, 0.25) is 0 Å². The minimum atomic E-state index is -3.13. The molecule has 154 valence electrons. The van der Waals surface area contributed by atoms with Crippen LogP contribution in [0.5, 0.6) is 0 Å². The van der Waals surface area contributed by atoms with Crippen molar-refractivity contribution in [2.45, 2.75) is 44.3 Å². The number of hydrogen-bond donors (Lipinski definition) is 1. The number of rotatable bonds is 5. The molecule has 0 aromatic heterocycles. The van der Waals surface area contributed by atoms with E-state index in [0.29, 0.717) is 18.4 Å². The monoisotopic (exact) mass is 507 g/mol. The maximum Gasteiger partial charge on any atom is 0.193 e. The third-order valence-electron chi connectivity index (χ3n) is 5.67. The van der Waals surface area contributed by atoms with E-state index >= 15 is 0 Å². The fraction of sp³-hybridized carbons (Fsp3) is 0.650. The second-order valence-electron chi connectivity index (χ2n) is 7.85. The fourth-order valence-corrected chi connectivity index (χ4v) is 3.87. The van der Waals surface area contributed by atoms with Gasteiger partial charge >= 0.3 is 0 Å². The number of halogens is 1. The predicted octanol–water partition coefficient (Wildman–Crippen LogP) is 3.52. The van der Waals surface area contributed by atoms with Gasteiger partial charge in [-0.15, -0.1) is 24.0 Å². The molecule has 27 heavy (non-hydrogen) atoms. The Morgan fingerprint density at radius 2 is 1.93 bits per heavy atom.